The molecule has 94 valence electrons. The van der Waals surface area contributed by atoms with Crippen molar-refractivity contribution in [1.29, 1.82) is 0 Å². The lowest BCUT2D eigenvalue weighted by atomic mass is 10.3. The molecule has 5 heteroatoms. The fourth-order valence-corrected chi connectivity index (χ4v) is 1.57. The Hall–Kier alpha value is -1.07. The molecule has 0 aromatic heterocycles. The van der Waals surface area contributed by atoms with Gasteiger partial charge in [0.05, 0.1) is 0 Å². The first kappa shape index (κ1) is 14.0. The van der Waals surface area contributed by atoms with Gasteiger partial charge >= 0.3 is 6.03 Å². The van der Waals surface area contributed by atoms with E-state index in [1.54, 1.807) is 0 Å². The van der Waals surface area contributed by atoms with Crippen LogP contribution >= 0.6 is 15.9 Å². The molecule has 0 saturated carbocycles. The Bertz CT molecular complexity index is 351. The van der Waals surface area contributed by atoms with Crippen molar-refractivity contribution in [2.45, 2.75) is 6.42 Å². The van der Waals surface area contributed by atoms with Crippen LogP contribution in [0.2, 0.25) is 0 Å². The van der Waals surface area contributed by atoms with Gasteiger partial charge in [0.2, 0.25) is 0 Å². The third kappa shape index (κ3) is 6.28. The SMILES string of the molecule is CN(C)CCCNC(=O)Nc1ccc(Br)cc1. The number of anilines is 1. The molecule has 4 nitrogen and oxygen atoms in total. The van der Waals surface area contributed by atoms with E-state index >= 15 is 0 Å². The van der Waals surface area contributed by atoms with Crippen LogP contribution in [-0.2, 0) is 0 Å². The average molecular weight is 300 g/mol. The standard InChI is InChI=1S/C12H18BrN3O/c1-16(2)9-3-8-14-12(17)15-11-6-4-10(13)5-7-11/h4-7H,3,8-9H2,1-2H3,(H2,14,15,17). The Morgan fingerprint density at radius 1 is 1.29 bits per heavy atom. The Morgan fingerprint density at radius 2 is 1.94 bits per heavy atom. The number of hydrogen-bond donors (Lipinski definition) is 2. The molecular formula is C12H18BrN3O. The third-order valence-electron chi connectivity index (χ3n) is 2.17. The molecule has 2 N–H and O–H groups in total. The number of carbonyl (C=O) groups is 1. The van der Waals surface area contributed by atoms with Gasteiger partial charge in [-0.05, 0) is 51.3 Å². The van der Waals surface area contributed by atoms with Crippen molar-refractivity contribution in [3.8, 4) is 0 Å². The van der Waals surface area contributed by atoms with Crippen molar-refractivity contribution in [3.05, 3.63) is 28.7 Å². The fraction of sp³-hybridized carbons (Fsp3) is 0.417. The minimum Gasteiger partial charge on any atom is -0.338 e. The summed E-state index contributed by atoms with van der Waals surface area (Å²) < 4.78 is 0.995. The van der Waals surface area contributed by atoms with Gasteiger partial charge in [-0.15, -0.1) is 0 Å². The molecule has 1 rings (SSSR count). The van der Waals surface area contributed by atoms with Crippen LogP contribution in [0.3, 0.4) is 0 Å². The van der Waals surface area contributed by atoms with Gasteiger partial charge in [-0.25, -0.2) is 4.79 Å². The second kappa shape index (κ2) is 7.29. The van der Waals surface area contributed by atoms with E-state index in [2.05, 4.69) is 31.5 Å². The summed E-state index contributed by atoms with van der Waals surface area (Å²) in [6.45, 7) is 1.65. The first-order chi connectivity index (χ1) is 8.08. The van der Waals surface area contributed by atoms with E-state index in [9.17, 15) is 4.79 Å². The van der Waals surface area contributed by atoms with Gasteiger partial charge in [-0.2, -0.15) is 0 Å². The number of hydrogen-bond acceptors (Lipinski definition) is 2. The smallest absolute Gasteiger partial charge is 0.319 e. The van der Waals surface area contributed by atoms with Crippen LogP contribution in [0.15, 0.2) is 28.7 Å². The van der Waals surface area contributed by atoms with E-state index in [0.717, 1.165) is 23.1 Å². The summed E-state index contributed by atoms with van der Waals surface area (Å²) in [6.07, 6.45) is 0.945. The molecule has 0 heterocycles. The normalized spacial score (nSPS) is 10.4. The number of rotatable bonds is 5. The van der Waals surface area contributed by atoms with Gasteiger partial charge in [0, 0.05) is 16.7 Å². The predicted octanol–water partition coefficient (Wildman–Crippen LogP) is 2.52. The van der Waals surface area contributed by atoms with Gasteiger partial charge in [-0.1, -0.05) is 15.9 Å². The molecule has 0 unspecified atom stereocenters. The molecular weight excluding hydrogens is 282 g/mol. The van der Waals surface area contributed by atoms with Crippen LogP contribution in [0.1, 0.15) is 6.42 Å². The summed E-state index contributed by atoms with van der Waals surface area (Å²) in [5, 5.41) is 5.59. The van der Waals surface area contributed by atoms with Crippen molar-refractivity contribution < 1.29 is 4.79 Å². The molecule has 0 aliphatic carbocycles. The van der Waals surface area contributed by atoms with E-state index in [0.29, 0.717) is 6.54 Å². The van der Waals surface area contributed by atoms with Crippen molar-refractivity contribution >= 4 is 27.6 Å². The average Bonchev–Trinajstić information content (AvgIpc) is 2.27. The first-order valence-corrected chi connectivity index (χ1v) is 6.32. The highest BCUT2D eigenvalue weighted by molar-refractivity contribution is 9.10. The zero-order valence-electron chi connectivity index (χ0n) is 10.2. The molecule has 0 atom stereocenters. The predicted molar refractivity (Wildman–Crippen MR) is 74.3 cm³/mol. The summed E-state index contributed by atoms with van der Waals surface area (Å²) in [6, 6.07) is 7.32. The molecule has 0 spiro atoms. The minimum atomic E-state index is -0.161. The summed E-state index contributed by atoms with van der Waals surface area (Å²) in [5.74, 6) is 0. The van der Waals surface area contributed by atoms with Gasteiger partial charge < -0.3 is 15.5 Å². The number of nitrogens with one attached hydrogen (secondary N) is 2. The van der Waals surface area contributed by atoms with E-state index in [4.69, 9.17) is 0 Å². The maximum absolute atomic E-state index is 11.5. The number of amides is 2. The van der Waals surface area contributed by atoms with Crippen LogP contribution in [0.5, 0.6) is 0 Å². The third-order valence-corrected chi connectivity index (χ3v) is 2.70. The zero-order valence-corrected chi connectivity index (χ0v) is 11.8. The number of nitrogens with zero attached hydrogens (tertiary/aromatic N) is 1. The molecule has 0 aliphatic rings. The number of halogens is 1. The molecule has 17 heavy (non-hydrogen) atoms. The molecule has 1 aromatic carbocycles. The maximum Gasteiger partial charge on any atom is 0.319 e. The van der Waals surface area contributed by atoms with Crippen molar-refractivity contribution in [3.63, 3.8) is 0 Å². The second-order valence-electron chi connectivity index (χ2n) is 4.04. The van der Waals surface area contributed by atoms with Crippen molar-refractivity contribution in [2.24, 2.45) is 0 Å². The molecule has 0 bridgehead atoms. The lowest BCUT2D eigenvalue weighted by Gasteiger charge is -2.10. The van der Waals surface area contributed by atoms with Crippen LogP contribution in [0.25, 0.3) is 0 Å². The molecule has 0 saturated heterocycles. The van der Waals surface area contributed by atoms with Gasteiger partial charge in [0.15, 0.2) is 0 Å². The minimum absolute atomic E-state index is 0.161. The number of benzene rings is 1. The zero-order chi connectivity index (χ0) is 12.7. The van der Waals surface area contributed by atoms with Crippen LogP contribution in [-0.4, -0.2) is 38.1 Å². The number of carbonyl (C=O) groups excluding carboxylic acids is 1. The van der Waals surface area contributed by atoms with Crippen LogP contribution < -0.4 is 10.6 Å². The topological polar surface area (TPSA) is 44.4 Å². The summed E-state index contributed by atoms with van der Waals surface area (Å²) >= 11 is 3.34. The van der Waals surface area contributed by atoms with Crippen LogP contribution in [0, 0.1) is 0 Å². The summed E-state index contributed by atoms with van der Waals surface area (Å²) in [5.41, 5.74) is 0.790. The van der Waals surface area contributed by atoms with Crippen molar-refractivity contribution in [2.75, 3.05) is 32.5 Å². The second-order valence-corrected chi connectivity index (χ2v) is 4.96. The first-order valence-electron chi connectivity index (χ1n) is 5.53. The summed E-state index contributed by atoms with van der Waals surface area (Å²) in [4.78, 5) is 13.6. The Morgan fingerprint density at radius 3 is 2.53 bits per heavy atom. The van der Waals surface area contributed by atoms with E-state index in [1.165, 1.54) is 0 Å². The van der Waals surface area contributed by atoms with Gasteiger partial charge in [0.25, 0.3) is 0 Å². The molecule has 0 aliphatic heterocycles. The lowest BCUT2D eigenvalue weighted by Crippen LogP contribution is -2.31. The number of urea groups is 1. The highest BCUT2D eigenvalue weighted by Gasteiger charge is 2.00. The fourth-order valence-electron chi connectivity index (χ4n) is 1.31. The maximum atomic E-state index is 11.5. The van der Waals surface area contributed by atoms with E-state index in [1.807, 2.05) is 38.4 Å². The molecule has 0 fully saturated rings. The summed E-state index contributed by atoms with van der Waals surface area (Å²) in [7, 11) is 4.03. The van der Waals surface area contributed by atoms with Gasteiger partial charge in [-0.3, -0.25) is 0 Å². The Balaban J connectivity index is 2.23. The largest absolute Gasteiger partial charge is 0.338 e. The molecule has 2 amide bonds. The highest BCUT2D eigenvalue weighted by Crippen LogP contribution is 2.13. The van der Waals surface area contributed by atoms with E-state index in [-0.39, 0.29) is 6.03 Å². The Kier molecular flexibility index (Phi) is 6.00. The van der Waals surface area contributed by atoms with Gasteiger partial charge in [0.1, 0.15) is 0 Å². The monoisotopic (exact) mass is 299 g/mol. The highest BCUT2D eigenvalue weighted by atomic mass is 79.9. The lowest BCUT2D eigenvalue weighted by molar-refractivity contribution is 0.251. The molecule has 1 aromatic rings. The quantitative estimate of drug-likeness (QED) is 0.821. The van der Waals surface area contributed by atoms with Crippen molar-refractivity contribution in [1.82, 2.24) is 10.2 Å². The van der Waals surface area contributed by atoms with E-state index < -0.39 is 0 Å². The van der Waals surface area contributed by atoms with Crippen LogP contribution in [0.4, 0.5) is 10.5 Å². The Labute approximate surface area is 111 Å². The molecule has 0 radical (unpaired) electrons.